The Hall–Kier alpha value is -1.32. The largest absolute Gasteiger partial charge is 0.274 e. The molecule has 2 amide bonds. The molecule has 48 valence electrons. The molecule has 1 rings (SSSR count). The van der Waals surface area contributed by atoms with Crippen molar-refractivity contribution in [2.24, 2.45) is 0 Å². The van der Waals surface area contributed by atoms with Crippen LogP contribution < -0.4 is 5.43 Å². The summed E-state index contributed by atoms with van der Waals surface area (Å²) in [7, 11) is 0. The molecule has 0 aromatic heterocycles. The van der Waals surface area contributed by atoms with Gasteiger partial charge < -0.3 is 0 Å². The Morgan fingerprint density at radius 3 is 2.56 bits per heavy atom. The first-order chi connectivity index (χ1) is 4.20. The summed E-state index contributed by atoms with van der Waals surface area (Å²) in [6.45, 7) is 1.35. The lowest BCUT2D eigenvalue weighted by Crippen LogP contribution is -2.45. The molecule has 1 heterocycles. The highest BCUT2D eigenvalue weighted by Gasteiger charge is 2.15. The Morgan fingerprint density at radius 2 is 2.44 bits per heavy atom. The second-order valence-corrected chi connectivity index (χ2v) is 1.69. The lowest BCUT2D eigenvalue weighted by Gasteiger charge is -2.21. The number of nitrogens with zero attached hydrogens (tertiary/aromatic N) is 1. The van der Waals surface area contributed by atoms with Gasteiger partial charge in [0.1, 0.15) is 0 Å². The molecule has 4 heteroatoms. The van der Waals surface area contributed by atoms with Gasteiger partial charge in [-0.05, 0) is 0 Å². The second kappa shape index (κ2) is 1.89. The quantitative estimate of drug-likeness (QED) is 0.509. The molecule has 0 aromatic rings. The van der Waals surface area contributed by atoms with Crippen molar-refractivity contribution in [1.29, 1.82) is 0 Å². The minimum atomic E-state index is -0.243. The number of hydrogen-bond donors (Lipinski definition) is 1. The minimum Gasteiger partial charge on any atom is -0.274 e. The molecule has 0 saturated carbocycles. The Bertz CT molecular complexity index is 185. The molecule has 1 aliphatic rings. The third-order valence-corrected chi connectivity index (χ3v) is 0.882. The molecule has 0 aromatic carbocycles. The van der Waals surface area contributed by atoms with E-state index < -0.39 is 0 Å². The zero-order valence-electron chi connectivity index (χ0n) is 4.92. The molecule has 9 heavy (non-hydrogen) atoms. The zero-order valence-corrected chi connectivity index (χ0v) is 4.92. The number of carbonyl (C=O) groups is 2. The molecule has 0 unspecified atom stereocenters. The van der Waals surface area contributed by atoms with E-state index in [2.05, 4.69) is 5.43 Å². The van der Waals surface area contributed by atoms with Crippen LogP contribution in [0.5, 0.6) is 0 Å². The number of amides is 2. The van der Waals surface area contributed by atoms with Crippen LogP contribution in [0, 0.1) is 0 Å². The highest BCUT2D eigenvalue weighted by molar-refractivity contribution is 5.95. The highest BCUT2D eigenvalue weighted by atomic mass is 16.2. The Balaban J connectivity index is 2.40. The molecule has 1 aliphatic heterocycles. The number of hydrogen-bond acceptors (Lipinski definition) is 2. The molecule has 0 bridgehead atoms. The molecule has 1 N–H and O–H groups in total. The van der Waals surface area contributed by atoms with E-state index in [4.69, 9.17) is 0 Å². The van der Waals surface area contributed by atoms with Crippen molar-refractivity contribution in [3.63, 3.8) is 0 Å². The summed E-state index contributed by atoms with van der Waals surface area (Å²) in [4.78, 5) is 20.6. The van der Waals surface area contributed by atoms with Crippen molar-refractivity contribution in [2.75, 3.05) is 0 Å². The van der Waals surface area contributed by atoms with Gasteiger partial charge >= 0.3 is 0 Å². The zero-order chi connectivity index (χ0) is 6.85. The maximum atomic E-state index is 10.4. The van der Waals surface area contributed by atoms with E-state index in [1.54, 1.807) is 0 Å². The van der Waals surface area contributed by atoms with Gasteiger partial charge in [-0.15, -0.1) is 0 Å². The third-order valence-electron chi connectivity index (χ3n) is 0.882. The van der Waals surface area contributed by atoms with Gasteiger partial charge in [-0.1, -0.05) is 0 Å². The first kappa shape index (κ1) is 5.81. The third kappa shape index (κ3) is 1.07. The van der Waals surface area contributed by atoms with Crippen LogP contribution >= 0.6 is 0 Å². The van der Waals surface area contributed by atoms with Crippen LogP contribution in [0.3, 0.4) is 0 Å². The first-order valence-electron chi connectivity index (χ1n) is 2.49. The van der Waals surface area contributed by atoms with Gasteiger partial charge in [0.05, 0.1) is 0 Å². The van der Waals surface area contributed by atoms with E-state index in [0.717, 1.165) is 5.01 Å². The predicted molar refractivity (Wildman–Crippen MR) is 29.8 cm³/mol. The Labute approximate surface area is 52.1 Å². The van der Waals surface area contributed by atoms with Crippen molar-refractivity contribution in [2.45, 2.75) is 6.92 Å². The predicted octanol–water partition coefficient (Wildman–Crippen LogP) is -0.607. The lowest BCUT2D eigenvalue weighted by atomic mass is 10.4. The number of carbonyl (C=O) groups excluding carboxylic acids is 2. The van der Waals surface area contributed by atoms with E-state index in [-0.39, 0.29) is 11.8 Å². The van der Waals surface area contributed by atoms with Gasteiger partial charge in [-0.25, -0.2) is 5.01 Å². The van der Waals surface area contributed by atoms with Crippen LogP contribution in [0.15, 0.2) is 12.3 Å². The molecule has 0 aliphatic carbocycles. The van der Waals surface area contributed by atoms with E-state index in [0.29, 0.717) is 0 Å². The second-order valence-electron chi connectivity index (χ2n) is 1.69. The van der Waals surface area contributed by atoms with Crippen molar-refractivity contribution < 1.29 is 9.59 Å². The Kier molecular flexibility index (Phi) is 1.22. The SMILES string of the molecule is CC(=O)NN1C=CC1=O. The van der Waals surface area contributed by atoms with Crippen LogP contribution in [0.4, 0.5) is 0 Å². The van der Waals surface area contributed by atoms with Gasteiger partial charge in [-0.2, -0.15) is 0 Å². The van der Waals surface area contributed by atoms with Crippen LogP contribution in [-0.4, -0.2) is 16.8 Å². The molecule has 0 spiro atoms. The van der Waals surface area contributed by atoms with E-state index in [9.17, 15) is 9.59 Å². The fourth-order valence-electron chi connectivity index (χ4n) is 0.472. The smallest absolute Gasteiger partial charge is 0.270 e. The van der Waals surface area contributed by atoms with Crippen molar-refractivity contribution >= 4 is 11.8 Å². The summed E-state index contributed by atoms with van der Waals surface area (Å²) in [5.74, 6) is -0.432. The maximum Gasteiger partial charge on any atom is 0.270 e. The number of hydrazine groups is 1. The molecule has 4 nitrogen and oxygen atoms in total. The topological polar surface area (TPSA) is 49.4 Å². The highest BCUT2D eigenvalue weighted by Crippen LogP contribution is 1.98. The molecular formula is C5H6N2O2. The fraction of sp³-hybridized carbons (Fsp3) is 0.200. The van der Waals surface area contributed by atoms with Gasteiger partial charge in [0.2, 0.25) is 5.91 Å². The number of rotatable bonds is 1. The first-order valence-corrected chi connectivity index (χ1v) is 2.49. The molecule has 0 radical (unpaired) electrons. The summed E-state index contributed by atoms with van der Waals surface area (Å²) in [5, 5.41) is 1.13. The van der Waals surface area contributed by atoms with Crippen LogP contribution in [0.1, 0.15) is 6.92 Å². The average Bonchev–Trinajstić information content (AvgIpc) is 1.79. The fourth-order valence-corrected chi connectivity index (χ4v) is 0.472. The Morgan fingerprint density at radius 1 is 1.78 bits per heavy atom. The van der Waals surface area contributed by atoms with Crippen LogP contribution in [-0.2, 0) is 9.59 Å². The van der Waals surface area contributed by atoms with E-state index in [1.807, 2.05) is 0 Å². The van der Waals surface area contributed by atoms with Gasteiger partial charge in [0.15, 0.2) is 0 Å². The van der Waals surface area contributed by atoms with Crippen LogP contribution in [0.25, 0.3) is 0 Å². The summed E-state index contributed by atoms with van der Waals surface area (Å²) in [6.07, 6.45) is 2.86. The van der Waals surface area contributed by atoms with Crippen LogP contribution in [0.2, 0.25) is 0 Å². The standard InChI is InChI=1S/C5H6N2O2/c1-4(8)6-7-3-2-5(7)9/h2-3H,1H3,(H,6,8). The lowest BCUT2D eigenvalue weighted by molar-refractivity contribution is -0.136. The van der Waals surface area contributed by atoms with E-state index in [1.165, 1.54) is 19.2 Å². The molecular weight excluding hydrogens is 120 g/mol. The average molecular weight is 126 g/mol. The summed E-state index contributed by atoms with van der Waals surface area (Å²) in [6, 6.07) is 0. The molecule has 0 fully saturated rings. The van der Waals surface area contributed by atoms with Crippen molar-refractivity contribution in [1.82, 2.24) is 10.4 Å². The number of nitrogens with one attached hydrogen (secondary N) is 1. The summed E-state index contributed by atoms with van der Waals surface area (Å²) >= 11 is 0. The van der Waals surface area contributed by atoms with E-state index >= 15 is 0 Å². The summed E-state index contributed by atoms with van der Waals surface area (Å²) < 4.78 is 0. The van der Waals surface area contributed by atoms with Crippen molar-refractivity contribution in [3.05, 3.63) is 12.3 Å². The summed E-state index contributed by atoms with van der Waals surface area (Å²) in [5.41, 5.74) is 2.29. The minimum absolute atomic E-state index is 0.190. The monoisotopic (exact) mass is 126 g/mol. The van der Waals surface area contributed by atoms with Gasteiger partial charge in [0.25, 0.3) is 5.91 Å². The maximum absolute atomic E-state index is 10.4. The normalized spacial score (nSPS) is 15.2. The molecule has 0 atom stereocenters. The molecule has 0 saturated heterocycles. The van der Waals surface area contributed by atoms with Gasteiger partial charge in [-0.3, -0.25) is 15.0 Å². The van der Waals surface area contributed by atoms with Gasteiger partial charge in [0, 0.05) is 19.2 Å². The van der Waals surface area contributed by atoms with Crippen molar-refractivity contribution in [3.8, 4) is 0 Å².